The Labute approximate surface area is 117 Å². The van der Waals surface area contributed by atoms with Crippen molar-refractivity contribution in [1.29, 1.82) is 0 Å². The quantitative estimate of drug-likeness (QED) is 0.687. The van der Waals surface area contributed by atoms with Crippen molar-refractivity contribution in [1.82, 2.24) is 9.97 Å². The molecule has 1 unspecified atom stereocenters. The molecule has 2 aliphatic heterocycles. The van der Waals surface area contributed by atoms with Gasteiger partial charge in [0.2, 0.25) is 0 Å². The van der Waals surface area contributed by atoms with Crippen molar-refractivity contribution in [3.63, 3.8) is 0 Å². The summed E-state index contributed by atoms with van der Waals surface area (Å²) in [6.45, 7) is 3.24. The van der Waals surface area contributed by atoms with Crippen LogP contribution in [0.15, 0.2) is 24.5 Å². The molecule has 2 aliphatic rings. The van der Waals surface area contributed by atoms with Gasteiger partial charge in [-0.3, -0.25) is 0 Å². The molecule has 0 N–H and O–H groups in total. The van der Waals surface area contributed by atoms with E-state index >= 15 is 0 Å². The first kappa shape index (κ1) is 11.2. The average molecular weight is 272 g/mol. The minimum atomic E-state index is 0.445. The second kappa shape index (κ2) is 3.94. The van der Waals surface area contributed by atoms with E-state index in [1.807, 2.05) is 0 Å². The molecule has 0 amide bonds. The van der Waals surface area contributed by atoms with E-state index in [-0.39, 0.29) is 0 Å². The van der Waals surface area contributed by atoms with Crippen molar-refractivity contribution in [3.05, 3.63) is 46.4 Å². The Kier molecular flexibility index (Phi) is 2.33. The topological polar surface area (TPSA) is 29.0 Å². The van der Waals surface area contributed by atoms with Crippen molar-refractivity contribution in [3.8, 4) is 0 Å². The number of fused-ring (bicyclic) bond motifs is 2. The zero-order valence-electron chi connectivity index (χ0n) is 10.7. The number of anilines is 2. The molecule has 1 aromatic carbocycles. The summed E-state index contributed by atoms with van der Waals surface area (Å²) in [5, 5.41) is 0.595. The second-order valence-electron chi connectivity index (χ2n) is 5.33. The monoisotopic (exact) mass is 271 g/mol. The third kappa shape index (κ3) is 1.51. The summed E-state index contributed by atoms with van der Waals surface area (Å²) in [7, 11) is 0. The van der Waals surface area contributed by atoms with E-state index in [2.05, 4.69) is 40.0 Å². The molecule has 0 saturated heterocycles. The molecular formula is C15H14ClN3. The van der Waals surface area contributed by atoms with Gasteiger partial charge in [0.25, 0.3) is 0 Å². The maximum Gasteiger partial charge on any atom is 0.141 e. The first-order valence-electron chi connectivity index (χ1n) is 6.64. The fourth-order valence-corrected chi connectivity index (χ4v) is 3.51. The van der Waals surface area contributed by atoms with Gasteiger partial charge in [0.15, 0.2) is 0 Å². The third-order valence-corrected chi connectivity index (χ3v) is 4.52. The van der Waals surface area contributed by atoms with Crippen LogP contribution in [0.25, 0.3) is 0 Å². The van der Waals surface area contributed by atoms with Crippen molar-refractivity contribution < 1.29 is 0 Å². The highest BCUT2D eigenvalue weighted by Gasteiger charge is 2.32. The van der Waals surface area contributed by atoms with Crippen LogP contribution in [0.1, 0.15) is 29.5 Å². The molecule has 19 heavy (non-hydrogen) atoms. The predicted octanol–water partition coefficient (Wildman–Crippen LogP) is 3.48. The number of nitrogens with zero attached hydrogens (tertiary/aromatic N) is 3. The molecule has 0 radical (unpaired) electrons. The summed E-state index contributed by atoms with van der Waals surface area (Å²) >= 11 is 6.28. The van der Waals surface area contributed by atoms with E-state index in [1.54, 1.807) is 6.33 Å². The molecule has 3 nitrogen and oxygen atoms in total. The third-order valence-electron chi connectivity index (χ3n) is 4.19. The largest absolute Gasteiger partial charge is 0.325 e. The Morgan fingerprint density at radius 2 is 2.21 bits per heavy atom. The van der Waals surface area contributed by atoms with Gasteiger partial charge in [-0.05, 0) is 29.9 Å². The standard InChI is InChI=1S/C15H14ClN3/c1-9-7-12-14(16)17-8-18-15(12)19-6-5-10-3-2-4-11(9)13(10)19/h2-4,8-9H,5-7H2,1H3. The summed E-state index contributed by atoms with van der Waals surface area (Å²) in [5.74, 6) is 1.44. The summed E-state index contributed by atoms with van der Waals surface area (Å²) in [6.07, 6.45) is 3.55. The highest BCUT2D eigenvalue weighted by atomic mass is 35.5. The number of rotatable bonds is 0. The van der Waals surface area contributed by atoms with E-state index in [4.69, 9.17) is 11.6 Å². The zero-order chi connectivity index (χ0) is 13.0. The van der Waals surface area contributed by atoms with Crippen LogP contribution in [0.4, 0.5) is 11.5 Å². The minimum Gasteiger partial charge on any atom is -0.325 e. The lowest BCUT2D eigenvalue weighted by molar-refractivity contribution is 0.763. The Morgan fingerprint density at radius 1 is 1.32 bits per heavy atom. The minimum absolute atomic E-state index is 0.445. The van der Waals surface area contributed by atoms with Crippen molar-refractivity contribution >= 4 is 23.1 Å². The van der Waals surface area contributed by atoms with Gasteiger partial charge in [-0.25, -0.2) is 9.97 Å². The maximum absolute atomic E-state index is 6.28. The summed E-state index contributed by atoms with van der Waals surface area (Å²) in [4.78, 5) is 11.0. The van der Waals surface area contributed by atoms with Gasteiger partial charge < -0.3 is 4.90 Å². The molecule has 1 atom stereocenters. The molecule has 96 valence electrons. The normalized spacial score (nSPS) is 19.9. The number of hydrogen-bond acceptors (Lipinski definition) is 3. The van der Waals surface area contributed by atoms with Crippen LogP contribution < -0.4 is 4.90 Å². The number of halogens is 1. The van der Waals surface area contributed by atoms with Crippen molar-refractivity contribution in [2.24, 2.45) is 0 Å². The van der Waals surface area contributed by atoms with E-state index < -0.39 is 0 Å². The zero-order valence-corrected chi connectivity index (χ0v) is 11.5. The number of aromatic nitrogens is 2. The predicted molar refractivity (Wildman–Crippen MR) is 76.3 cm³/mol. The SMILES string of the molecule is CC1Cc2c(Cl)ncnc2N2CCc3cccc1c32. The smallest absolute Gasteiger partial charge is 0.141 e. The fraction of sp³-hybridized carbons (Fsp3) is 0.333. The van der Waals surface area contributed by atoms with E-state index in [0.717, 1.165) is 30.8 Å². The molecule has 0 fully saturated rings. The van der Waals surface area contributed by atoms with Gasteiger partial charge in [0.05, 0.1) is 0 Å². The van der Waals surface area contributed by atoms with E-state index in [0.29, 0.717) is 11.1 Å². The van der Waals surface area contributed by atoms with Crippen LogP contribution in [0.2, 0.25) is 5.15 Å². The van der Waals surface area contributed by atoms with Gasteiger partial charge in [-0.15, -0.1) is 0 Å². The molecule has 3 heterocycles. The molecule has 4 rings (SSSR count). The van der Waals surface area contributed by atoms with Crippen LogP contribution in [0, 0.1) is 0 Å². The number of hydrogen-bond donors (Lipinski definition) is 0. The maximum atomic E-state index is 6.28. The van der Waals surface area contributed by atoms with E-state index in [1.165, 1.54) is 16.8 Å². The summed E-state index contributed by atoms with van der Waals surface area (Å²) < 4.78 is 0. The van der Waals surface area contributed by atoms with Crippen LogP contribution in [-0.2, 0) is 12.8 Å². The first-order valence-corrected chi connectivity index (χ1v) is 7.02. The molecule has 2 aromatic rings. The molecule has 4 heteroatoms. The molecule has 1 aromatic heterocycles. The Bertz CT molecular complexity index is 668. The van der Waals surface area contributed by atoms with E-state index in [9.17, 15) is 0 Å². The summed E-state index contributed by atoms with van der Waals surface area (Å²) in [6, 6.07) is 6.62. The van der Waals surface area contributed by atoms with Crippen molar-refractivity contribution in [2.45, 2.75) is 25.7 Å². The second-order valence-corrected chi connectivity index (χ2v) is 5.69. The molecule has 0 bridgehead atoms. The molecule has 0 saturated carbocycles. The van der Waals surface area contributed by atoms with Crippen LogP contribution in [0.3, 0.4) is 0 Å². The molecule has 0 spiro atoms. The average Bonchev–Trinajstić information content (AvgIpc) is 2.79. The lowest BCUT2D eigenvalue weighted by atomic mass is 9.93. The lowest BCUT2D eigenvalue weighted by Crippen LogP contribution is -2.16. The Balaban J connectivity index is 2.02. The van der Waals surface area contributed by atoms with Gasteiger partial charge in [0.1, 0.15) is 17.3 Å². The Hall–Kier alpha value is -1.61. The fourth-order valence-electron chi connectivity index (χ4n) is 3.30. The lowest BCUT2D eigenvalue weighted by Gasteiger charge is -2.20. The molecule has 0 aliphatic carbocycles. The Morgan fingerprint density at radius 3 is 3.11 bits per heavy atom. The highest BCUT2D eigenvalue weighted by molar-refractivity contribution is 6.30. The number of para-hydroxylation sites is 1. The van der Waals surface area contributed by atoms with Gasteiger partial charge in [0, 0.05) is 17.8 Å². The van der Waals surface area contributed by atoms with Crippen LogP contribution in [-0.4, -0.2) is 16.5 Å². The van der Waals surface area contributed by atoms with Gasteiger partial charge in [-0.2, -0.15) is 0 Å². The van der Waals surface area contributed by atoms with Crippen LogP contribution in [0.5, 0.6) is 0 Å². The van der Waals surface area contributed by atoms with Gasteiger partial charge >= 0.3 is 0 Å². The highest BCUT2D eigenvalue weighted by Crippen LogP contribution is 2.45. The first-order chi connectivity index (χ1) is 9.25. The van der Waals surface area contributed by atoms with Crippen molar-refractivity contribution in [2.75, 3.05) is 11.4 Å². The molecular weight excluding hydrogens is 258 g/mol. The van der Waals surface area contributed by atoms with Crippen LogP contribution >= 0.6 is 11.6 Å². The van der Waals surface area contributed by atoms with Gasteiger partial charge in [-0.1, -0.05) is 36.7 Å². The summed E-state index contributed by atoms with van der Waals surface area (Å²) in [5.41, 5.74) is 5.26. The number of benzene rings is 1.